The Morgan fingerprint density at radius 2 is 2.07 bits per heavy atom. The van der Waals surface area contributed by atoms with Crippen LogP contribution in [-0.4, -0.2) is 42.4 Å². The van der Waals surface area contributed by atoms with Crippen LogP contribution in [0.2, 0.25) is 0 Å². The number of likely N-dealkylation sites (tertiary alicyclic amines) is 1. The fraction of sp³-hybridized carbons (Fsp3) is 0.909. The first-order chi connectivity index (χ1) is 7.29. The van der Waals surface area contributed by atoms with Gasteiger partial charge in [0.25, 0.3) is 0 Å². The average molecular weight is 228 g/mol. The van der Waals surface area contributed by atoms with Crippen molar-refractivity contribution in [3.05, 3.63) is 0 Å². The molecule has 0 aromatic carbocycles. The first kappa shape index (κ1) is 11.1. The molecule has 2 aliphatic rings. The maximum absolute atomic E-state index is 5.41. The molecule has 1 unspecified atom stereocenters. The van der Waals surface area contributed by atoms with E-state index in [1.807, 2.05) is 0 Å². The van der Waals surface area contributed by atoms with Crippen LogP contribution in [0.3, 0.4) is 0 Å². The molecule has 0 aromatic rings. The van der Waals surface area contributed by atoms with E-state index in [1.165, 1.54) is 25.7 Å². The average Bonchev–Trinajstić information content (AvgIpc) is 2.86. The lowest BCUT2D eigenvalue weighted by Gasteiger charge is -2.23. The predicted octanol–water partition coefficient (Wildman–Crippen LogP) is 1.52. The molecule has 4 heteroatoms. The van der Waals surface area contributed by atoms with Gasteiger partial charge in [0.1, 0.15) is 0 Å². The lowest BCUT2D eigenvalue weighted by molar-refractivity contribution is 0.114. The zero-order chi connectivity index (χ0) is 10.7. The number of nitrogens with one attached hydrogen (secondary N) is 1. The standard InChI is InChI=1S/C11H20N2OS/c1-14-10-6-7-13(8-10)11(15)12-9-4-2-3-5-9/h9-10H,2-8H2,1H3,(H,12,15). The van der Waals surface area contributed by atoms with Crippen molar-refractivity contribution in [2.75, 3.05) is 20.2 Å². The van der Waals surface area contributed by atoms with Gasteiger partial charge >= 0.3 is 0 Å². The van der Waals surface area contributed by atoms with Gasteiger partial charge in [-0.1, -0.05) is 12.8 Å². The summed E-state index contributed by atoms with van der Waals surface area (Å²) in [4.78, 5) is 2.24. The van der Waals surface area contributed by atoms with Gasteiger partial charge in [-0.25, -0.2) is 0 Å². The van der Waals surface area contributed by atoms with E-state index in [0.717, 1.165) is 24.6 Å². The molecule has 3 nitrogen and oxygen atoms in total. The Morgan fingerprint density at radius 1 is 1.33 bits per heavy atom. The maximum Gasteiger partial charge on any atom is 0.169 e. The largest absolute Gasteiger partial charge is 0.380 e. The fourth-order valence-corrected chi connectivity index (χ4v) is 2.77. The molecule has 0 aromatic heterocycles. The molecule has 1 aliphatic carbocycles. The number of thiocarbonyl (C=S) groups is 1. The minimum absolute atomic E-state index is 0.369. The summed E-state index contributed by atoms with van der Waals surface area (Å²) < 4.78 is 5.33. The van der Waals surface area contributed by atoms with Gasteiger partial charge in [0, 0.05) is 26.2 Å². The molecular formula is C11H20N2OS. The third kappa shape index (κ3) is 2.82. The molecule has 0 spiro atoms. The maximum atomic E-state index is 5.41. The molecule has 0 amide bonds. The van der Waals surface area contributed by atoms with Crippen molar-refractivity contribution in [2.45, 2.75) is 44.2 Å². The van der Waals surface area contributed by atoms with E-state index in [4.69, 9.17) is 17.0 Å². The first-order valence-electron chi connectivity index (χ1n) is 5.88. The number of rotatable bonds is 2. The summed E-state index contributed by atoms with van der Waals surface area (Å²) in [5, 5.41) is 4.40. The second-order valence-electron chi connectivity index (χ2n) is 4.52. The van der Waals surface area contributed by atoms with Crippen LogP contribution in [0.15, 0.2) is 0 Å². The Balaban J connectivity index is 1.76. The highest BCUT2D eigenvalue weighted by Crippen LogP contribution is 2.19. The SMILES string of the molecule is COC1CCN(C(=S)NC2CCCC2)C1. The molecule has 1 aliphatic heterocycles. The van der Waals surface area contributed by atoms with Gasteiger partial charge in [-0.15, -0.1) is 0 Å². The molecule has 1 saturated carbocycles. The fourth-order valence-electron chi connectivity index (χ4n) is 2.44. The molecule has 2 rings (SSSR count). The Morgan fingerprint density at radius 3 is 2.67 bits per heavy atom. The van der Waals surface area contributed by atoms with Gasteiger partial charge in [-0.2, -0.15) is 0 Å². The summed E-state index contributed by atoms with van der Waals surface area (Å²) in [6.07, 6.45) is 6.72. The van der Waals surface area contributed by atoms with E-state index in [0.29, 0.717) is 12.1 Å². The Bertz CT molecular complexity index is 229. The molecule has 1 heterocycles. The molecule has 1 atom stereocenters. The van der Waals surface area contributed by atoms with Gasteiger partial charge in [0.2, 0.25) is 0 Å². The van der Waals surface area contributed by atoms with Gasteiger partial charge in [-0.3, -0.25) is 0 Å². The summed E-state index contributed by atoms with van der Waals surface area (Å²) in [7, 11) is 1.78. The Hall–Kier alpha value is -0.350. The van der Waals surface area contributed by atoms with Gasteiger partial charge in [0.05, 0.1) is 6.10 Å². The van der Waals surface area contributed by atoms with E-state index in [9.17, 15) is 0 Å². The van der Waals surface area contributed by atoms with Crippen molar-refractivity contribution >= 4 is 17.3 Å². The molecule has 15 heavy (non-hydrogen) atoms. The van der Waals surface area contributed by atoms with Crippen LogP contribution in [0.5, 0.6) is 0 Å². The lowest BCUT2D eigenvalue weighted by atomic mass is 10.2. The number of nitrogens with zero attached hydrogens (tertiary/aromatic N) is 1. The van der Waals surface area contributed by atoms with Crippen LogP contribution < -0.4 is 5.32 Å². The van der Waals surface area contributed by atoms with Gasteiger partial charge < -0.3 is 15.0 Å². The smallest absolute Gasteiger partial charge is 0.169 e. The third-order valence-corrected chi connectivity index (χ3v) is 3.82. The number of hydrogen-bond donors (Lipinski definition) is 1. The van der Waals surface area contributed by atoms with E-state index in [2.05, 4.69) is 10.2 Å². The van der Waals surface area contributed by atoms with E-state index in [-0.39, 0.29) is 0 Å². The van der Waals surface area contributed by atoms with Crippen molar-refractivity contribution in [3.8, 4) is 0 Å². The normalized spacial score (nSPS) is 27.3. The van der Waals surface area contributed by atoms with Crippen molar-refractivity contribution in [1.29, 1.82) is 0 Å². The second kappa shape index (κ2) is 5.12. The van der Waals surface area contributed by atoms with Crippen LogP contribution in [0, 0.1) is 0 Å². The van der Waals surface area contributed by atoms with Crippen LogP contribution in [0.25, 0.3) is 0 Å². The minimum Gasteiger partial charge on any atom is -0.380 e. The number of methoxy groups -OCH3 is 1. The highest BCUT2D eigenvalue weighted by atomic mass is 32.1. The van der Waals surface area contributed by atoms with E-state index < -0.39 is 0 Å². The summed E-state index contributed by atoms with van der Waals surface area (Å²) in [5.74, 6) is 0. The molecular weight excluding hydrogens is 208 g/mol. The number of hydrogen-bond acceptors (Lipinski definition) is 2. The van der Waals surface area contributed by atoms with Crippen molar-refractivity contribution in [1.82, 2.24) is 10.2 Å². The zero-order valence-corrected chi connectivity index (χ0v) is 10.2. The topological polar surface area (TPSA) is 24.5 Å². The quantitative estimate of drug-likeness (QED) is 0.724. The molecule has 0 radical (unpaired) electrons. The second-order valence-corrected chi connectivity index (χ2v) is 4.91. The van der Waals surface area contributed by atoms with Crippen LogP contribution in [-0.2, 0) is 4.74 Å². The summed E-state index contributed by atoms with van der Waals surface area (Å²) >= 11 is 5.41. The molecule has 86 valence electrons. The Labute approximate surface area is 97.2 Å². The van der Waals surface area contributed by atoms with E-state index >= 15 is 0 Å². The van der Waals surface area contributed by atoms with Crippen molar-refractivity contribution in [2.24, 2.45) is 0 Å². The molecule has 1 saturated heterocycles. The summed E-state index contributed by atoms with van der Waals surface area (Å²) in [6, 6.07) is 0.624. The van der Waals surface area contributed by atoms with Crippen molar-refractivity contribution in [3.63, 3.8) is 0 Å². The molecule has 2 fully saturated rings. The summed E-state index contributed by atoms with van der Waals surface area (Å²) in [5.41, 5.74) is 0. The zero-order valence-electron chi connectivity index (χ0n) is 9.37. The highest BCUT2D eigenvalue weighted by Gasteiger charge is 2.25. The molecule has 1 N–H and O–H groups in total. The van der Waals surface area contributed by atoms with Crippen LogP contribution in [0.4, 0.5) is 0 Å². The van der Waals surface area contributed by atoms with Gasteiger partial charge in [-0.05, 0) is 31.5 Å². The van der Waals surface area contributed by atoms with Gasteiger partial charge in [0.15, 0.2) is 5.11 Å². The highest BCUT2D eigenvalue weighted by molar-refractivity contribution is 7.80. The van der Waals surface area contributed by atoms with Crippen LogP contribution in [0.1, 0.15) is 32.1 Å². The third-order valence-electron chi connectivity index (χ3n) is 3.45. The lowest BCUT2D eigenvalue weighted by Crippen LogP contribution is -2.43. The first-order valence-corrected chi connectivity index (χ1v) is 6.28. The van der Waals surface area contributed by atoms with E-state index in [1.54, 1.807) is 7.11 Å². The van der Waals surface area contributed by atoms with Crippen LogP contribution >= 0.6 is 12.2 Å². The summed E-state index contributed by atoms with van der Waals surface area (Å²) in [6.45, 7) is 1.99. The Kier molecular flexibility index (Phi) is 3.81. The number of ether oxygens (including phenoxy) is 1. The monoisotopic (exact) mass is 228 g/mol. The minimum atomic E-state index is 0.369. The van der Waals surface area contributed by atoms with Crippen molar-refractivity contribution < 1.29 is 4.74 Å². The predicted molar refractivity (Wildman–Crippen MR) is 65.0 cm³/mol. The molecule has 0 bridgehead atoms.